The lowest BCUT2D eigenvalue weighted by Gasteiger charge is -2.32. The lowest BCUT2D eigenvalue weighted by Crippen LogP contribution is -2.41. The van der Waals surface area contributed by atoms with E-state index in [2.05, 4.69) is 155 Å². The Morgan fingerprint density at radius 1 is 0.451 bits per heavy atom. The highest BCUT2D eigenvalue weighted by atomic mass is 16.7. The van der Waals surface area contributed by atoms with Gasteiger partial charge in [-0.2, -0.15) is 0 Å². The molecule has 0 unspecified atom stereocenters. The third-order valence-electron chi connectivity index (χ3n) is 14.9. The standard InChI is InChI=1S/C62H81BN4O4/c1-7-9-11-13-15-17-19-21-23-25-43-68-50-33-27-46(28-34-50)58-52-37-31-48(64-52)45-49-32-38-53(65-49)59(47-29-35-51(36-30-47)69-44-26-24-22-20-18-16-14-12-10-8-2)55-40-42-57(67-55)60(56-41-39-54(58)66-56)63-70-61(3,4)62(5,6)71-63/h27-42,45,64,67H,7-26,43-44H2,1-6H3. The second-order valence-electron chi connectivity index (χ2n) is 21.1. The third kappa shape index (κ3) is 13.8. The van der Waals surface area contributed by atoms with E-state index >= 15 is 0 Å². The van der Waals surface area contributed by atoms with E-state index in [1.54, 1.807) is 0 Å². The van der Waals surface area contributed by atoms with Gasteiger partial charge in [0.05, 0.1) is 47.2 Å². The number of H-pyrrole nitrogens is 2. The smallest absolute Gasteiger partial charge is 0.494 e. The molecule has 0 saturated carbocycles. The summed E-state index contributed by atoms with van der Waals surface area (Å²) in [7, 11) is -0.672. The summed E-state index contributed by atoms with van der Waals surface area (Å²) in [5, 5.41) is 0. The minimum atomic E-state index is -0.672. The number of aromatic nitrogens is 4. The zero-order valence-corrected chi connectivity index (χ0v) is 44.0. The molecule has 9 heteroatoms. The maximum Gasteiger partial charge on any atom is 0.499 e. The van der Waals surface area contributed by atoms with Crippen molar-refractivity contribution in [1.29, 1.82) is 0 Å². The van der Waals surface area contributed by atoms with Crippen LogP contribution in [0.3, 0.4) is 0 Å². The zero-order valence-electron chi connectivity index (χ0n) is 44.0. The molecule has 0 amide bonds. The quantitative estimate of drug-likeness (QED) is 0.0394. The van der Waals surface area contributed by atoms with Crippen molar-refractivity contribution in [2.75, 3.05) is 13.2 Å². The summed E-state index contributed by atoms with van der Waals surface area (Å²) in [6.07, 6.45) is 34.5. The first kappa shape index (κ1) is 52.0. The van der Waals surface area contributed by atoms with Crippen LogP contribution in [0.25, 0.3) is 68.6 Å². The molecule has 71 heavy (non-hydrogen) atoms. The third-order valence-corrected chi connectivity index (χ3v) is 14.9. The molecule has 0 radical (unpaired) electrons. The van der Waals surface area contributed by atoms with E-state index in [1.165, 1.54) is 116 Å². The van der Waals surface area contributed by atoms with Gasteiger partial charge in [-0.25, -0.2) is 9.97 Å². The molecule has 2 aromatic carbocycles. The van der Waals surface area contributed by atoms with Gasteiger partial charge in [0.2, 0.25) is 0 Å². The normalized spacial score (nSPS) is 14.7. The predicted octanol–water partition coefficient (Wildman–Crippen LogP) is 16.9. The second kappa shape index (κ2) is 25.3. The Kier molecular flexibility index (Phi) is 18.5. The van der Waals surface area contributed by atoms with Gasteiger partial charge in [0, 0.05) is 38.7 Å². The molecule has 1 saturated heterocycles. The fraction of sp³-hybridized carbons (Fsp3) is 0.484. The number of unbranched alkanes of at least 4 members (excludes halogenated alkanes) is 18. The van der Waals surface area contributed by atoms with Gasteiger partial charge in [-0.15, -0.1) is 0 Å². The first-order valence-electron chi connectivity index (χ1n) is 27.6. The molecule has 376 valence electrons. The highest BCUT2D eigenvalue weighted by Gasteiger charge is 2.53. The molecule has 8 bridgehead atoms. The summed E-state index contributed by atoms with van der Waals surface area (Å²) in [5.74, 6) is 1.76. The number of aromatic amines is 2. The van der Waals surface area contributed by atoms with Crippen molar-refractivity contribution in [3.8, 4) is 33.8 Å². The summed E-state index contributed by atoms with van der Waals surface area (Å²) in [5.41, 5.74) is 10.9. The molecule has 3 aliphatic rings. The minimum Gasteiger partial charge on any atom is -0.494 e. The van der Waals surface area contributed by atoms with Crippen LogP contribution in [-0.4, -0.2) is 51.5 Å². The van der Waals surface area contributed by atoms with Gasteiger partial charge in [-0.1, -0.05) is 154 Å². The Balaban J connectivity index is 1.08. The van der Waals surface area contributed by atoms with Crippen molar-refractivity contribution < 1.29 is 18.8 Å². The second-order valence-corrected chi connectivity index (χ2v) is 21.1. The van der Waals surface area contributed by atoms with Gasteiger partial charge in [0.25, 0.3) is 0 Å². The molecule has 8 rings (SSSR count). The maximum atomic E-state index is 6.82. The average molecular weight is 957 g/mol. The van der Waals surface area contributed by atoms with Crippen molar-refractivity contribution in [2.24, 2.45) is 0 Å². The highest BCUT2D eigenvalue weighted by molar-refractivity contribution is 6.65. The SMILES string of the molecule is CCCCCCCCCCCCOc1ccc(-c2c3nc(c(B4OC(C)(C)C(C)(C)O4)c4ccc([nH]4)c(-c4ccc(OCCCCCCCCCCCC)cc4)c4nc(cc5ccc2[nH]5)C=C4)C=C3)cc1. The number of nitrogens with one attached hydrogen (secondary N) is 2. The topological polar surface area (TPSA) is 94.3 Å². The Bertz CT molecular complexity index is 2630. The molecule has 1 fully saturated rings. The zero-order chi connectivity index (χ0) is 49.5. The van der Waals surface area contributed by atoms with Gasteiger partial charge in [0.1, 0.15) is 11.5 Å². The Hall–Kier alpha value is -5.38. The molecular formula is C62H81BN4O4. The van der Waals surface area contributed by atoms with Crippen LogP contribution in [0.15, 0.2) is 78.9 Å². The molecule has 0 atom stereocenters. The first-order chi connectivity index (χ1) is 34.6. The number of ether oxygens (including phenoxy) is 2. The lowest BCUT2D eigenvalue weighted by molar-refractivity contribution is 0.00578. The van der Waals surface area contributed by atoms with Crippen LogP contribution < -0.4 is 14.9 Å². The monoisotopic (exact) mass is 957 g/mol. The summed E-state index contributed by atoms with van der Waals surface area (Å²) in [6, 6.07) is 27.6. The number of rotatable bonds is 27. The van der Waals surface area contributed by atoms with Gasteiger partial charge in [0.15, 0.2) is 0 Å². The van der Waals surface area contributed by atoms with E-state index in [0.29, 0.717) is 0 Å². The molecular weight excluding hydrogens is 876 g/mol. The van der Waals surface area contributed by atoms with Gasteiger partial charge in [-0.3, -0.25) is 0 Å². The molecule has 5 aromatic rings. The minimum absolute atomic E-state index is 0.555. The summed E-state index contributed by atoms with van der Waals surface area (Å²) in [4.78, 5) is 18.2. The molecule has 6 heterocycles. The van der Waals surface area contributed by atoms with Crippen LogP contribution in [0.2, 0.25) is 0 Å². The van der Waals surface area contributed by atoms with E-state index in [-0.39, 0.29) is 0 Å². The fourth-order valence-electron chi connectivity index (χ4n) is 9.97. The number of benzene rings is 2. The van der Waals surface area contributed by atoms with Crippen LogP contribution in [0.1, 0.15) is 193 Å². The van der Waals surface area contributed by atoms with Crippen molar-refractivity contribution >= 4 is 59.0 Å². The molecule has 0 spiro atoms. The largest absolute Gasteiger partial charge is 0.499 e. The summed E-state index contributed by atoms with van der Waals surface area (Å²) in [6.45, 7) is 14.4. The molecule has 8 nitrogen and oxygen atoms in total. The van der Waals surface area contributed by atoms with Crippen LogP contribution in [0, 0.1) is 0 Å². The maximum absolute atomic E-state index is 6.82. The van der Waals surface area contributed by atoms with Gasteiger partial charge < -0.3 is 28.8 Å². The van der Waals surface area contributed by atoms with Crippen molar-refractivity contribution in [3.05, 3.63) is 102 Å². The van der Waals surface area contributed by atoms with E-state index in [1.807, 2.05) is 0 Å². The van der Waals surface area contributed by atoms with Crippen molar-refractivity contribution in [1.82, 2.24) is 19.9 Å². The molecule has 3 aliphatic heterocycles. The van der Waals surface area contributed by atoms with E-state index in [9.17, 15) is 0 Å². The lowest BCUT2D eigenvalue weighted by atomic mass is 9.77. The Labute approximate surface area is 425 Å². The number of hydrogen-bond acceptors (Lipinski definition) is 6. The molecule has 3 aromatic heterocycles. The number of hydrogen-bond donors (Lipinski definition) is 2. The van der Waals surface area contributed by atoms with Crippen LogP contribution in [0.5, 0.6) is 11.5 Å². The van der Waals surface area contributed by atoms with Gasteiger partial charge >= 0.3 is 7.12 Å². The van der Waals surface area contributed by atoms with E-state index < -0.39 is 18.3 Å². The van der Waals surface area contributed by atoms with Crippen LogP contribution in [-0.2, 0) is 9.31 Å². The molecule has 0 aliphatic carbocycles. The Morgan fingerprint density at radius 3 is 1.39 bits per heavy atom. The number of fused-ring (bicyclic) bond motifs is 8. The average Bonchev–Trinajstić information content (AvgIpc) is 4.23. The van der Waals surface area contributed by atoms with Crippen LogP contribution in [0.4, 0.5) is 0 Å². The summed E-state index contributed by atoms with van der Waals surface area (Å²) < 4.78 is 26.2. The van der Waals surface area contributed by atoms with Crippen molar-refractivity contribution in [3.63, 3.8) is 0 Å². The highest BCUT2D eigenvalue weighted by Crippen LogP contribution is 2.39. The predicted molar refractivity (Wildman–Crippen MR) is 300 cm³/mol. The summed E-state index contributed by atoms with van der Waals surface area (Å²) >= 11 is 0. The van der Waals surface area contributed by atoms with E-state index in [4.69, 9.17) is 28.8 Å². The van der Waals surface area contributed by atoms with Gasteiger partial charge in [-0.05, 0) is 131 Å². The Morgan fingerprint density at radius 2 is 0.873 bits per heavy atom. The van der Waals surface area contributed by atoms with E-state index in [0.717, 1.165) is 110 Å². The van der Waals surface area contributed by atoms with Crippen molar-refractivity contribution in [2.45, 2.75) is 181 Å². The number of nitrogens with zero attached hydrogens (tertiary/aromatic N) is 2. The molecule has 2 N–H and O–H groups in total. The fourth-order valence-corrected chi connectivity index (χ4v) is 9.97. The van der Waals surface area contributed by atoms with Crippen LogP contribution >= 0.6 is 0 Å². The first-order valence-corrected chi connectivity index (χ1v) is 27.6.